The van der Waals surface area contributed by atoms with Crippen LogP contribution in [-0.2, 0) is 0 Å². The molecule has 0 saturated heterocycles. The van der Waals surface area contributed by atoms with Gasteiger partial charge in [-0.05, 0) is 112 Å². The van der Waals surface area contributed by atoms with Gasteiger partial charge >= 0.3 is 0 Å². The molecule has 0 radical (unpaired) electrons. The van der Waals surface area contributed by atoms with Crippen molar-refractivity contribution >= 4 is 60.8 Å². The Hall–Kier alpha value is -8.40. The van der Waals surface area contributed by atoms with Crippen LogP contribution in [0.5, 0.6) is 0 Å². The molecule has 0 N–H and O–H groups in total. The van der Waals surface area contributed by atoms with Crippen LogP contribution in [0.15, 0.2) is 247 Å². The summed E-state index contributed by atoms with van der Waals surface area (Å²) < 4.78 is 8.74. The SMILES string of the molecule is c1ccc(-c2ccc(-c3cccc(N(c4ccc(-c5ccccc5-n5c6ccccc6c6ccccc65)cc4)c4cccc(-c5ccc6c(c5)oc5ccccc56)c4)c3)cc2)cc1. The summed E-state index contributed by atoms with van der Waals surface area (Å²) in [4.78, 5) is 2.37. The molecule has 0 atom stereocenters. The molecule has 296 valence electrons. The Labute approximate surface area is 366 Å². The molecule has 0 aliphatic rings. The van der Waals surface area contributed by atoms with Gasteiger partial charge in [0, 0.05) is 44.2 Å². The first-order chi connectivity index (χ1) is 31.2. The monoisotopic (exact) mass is 804 g/mol. The van der Waals surface area contributed by atoms with Crippen molar-refractivity contribution in [3.63, 3.8) is 0 Å². The fourth-order valence-electron chi connectivity index (χ4n) is 9.37. The Morgan fingerprint density at radius 1 is 0.286 bits per heavy atom. The average molecular weight is 805 g/mol. The van der Waals surface area contributed by atoms with Gasteiger partial charge in [0.2, 0.25) is 0 Å². The van der Waals surface area contributed by atoms with Crippen molar-refractivity contribution in [1.82, 2.24) is 4.57 Å². The minimum absolute atomic E-state index is 0.888. The lowest BCUT2D eigenvalue weighted by atomic mass is 9.99. The highest BCUT2D eigenvalue weighted by Gasteiger charge is 2.18. The average Bonchev–Trinajstić information content (AvgIpc) is 3.90. The summed E-state index contributed by atoms with van der Waals surface area (Å²) in [5.41, 5.74) is 17.8. The van der Waals surface area contributed by atoms with E-state index in [1.165, 1.54) is 44.1 Å². The fraction of sp³-hybridized carbons (Fsp3) is 0. The second-order valence-electron chi connectivity index (χ2n) is 16.1. The third-order valence-corrected chi connectivity index (χ3v) is 12.4. The quantitative estimate of drug-likeness (QED) is 0.153. The first-order valence-electron chi connectivity index (χ1n) is 21.5. The normalized spacial score (nSPS) is 11.5. The summed E-state index contributed by atoms with van der Waals surface area (Å²) >= 11 is 0. The molecule has 10 aromatic carbocycles. The fourth-order valence-corrected chi connectivity index (χ4v) is 9.37. The molecule has 0 unspecified atom stereocenters. The molecule has 0 saturated carbocycles. The number of hydrogen-bond donors (Lipinski definition) is 0. The van der Waals surface area contributed by atoms with Crippen LogP contribution >= 0.6 is 0 Å². The molecule has 0 spiro atoms. The zero-order valence-corrected chi connectivity index (χ0v) is 34.4. The molecule has 12 aromatic rings. The van der Waals surface area contributed by atoms with E-state index in [-0.39, 0.29) is 0 Å². The Morgan fingerprint density at radius 3 is 1.46 bits per heavy atom. The zero-order valence-electron chi connectivity index (χ0n) is 34.4. The Balaban J connectivity index is 0.965. The predicted molar refractivity (Wildman–Crippen MR) is 264 cm³/mol. The van der Waals surface area contributed by atoms with Crippen molar-refractivity contribution in [2.75, 3.05) is 4.90 Å². The van der Waals surface area contributed by atoms with E-state index >= 15 is 0 Å². The van der Waals surface area contributed by atoms with E-state index < -0.39 is 0 Å². The van der Waals surface area contributed by atoms with E-state index in [4.69, 9.17) is 4.42 Å². The highest BCUT2D eigenvalue weighted by molar-refractivity contribution is 6.10. The van der Waals surface area contributed by atoms with Gasteiger partial charge in [-0.25, -0.2) is 0 Å². The van der Waals surface area contributed by atoms with E-state index in [0.717, 1.165) is 66.9 Å². The van der Waals surface area contributed by atoms with Crippen LogP contribution in [0.2, 0.25) is 0 Å². The maximum absolute atomic E-state index is 6.33. The van der Waals surface area contributed by atoms with Gasteiger partial charge in [-0.1, -0.05) is 170 Å². The third kappa shape index (κ3) is 6.46. The van der Waals surface area contributed by atoms with E-state index in [2.05, 4.69) is 240 Å². The predicted octanol–water partition coefficient (Wildman–Crippen LogP) is 16.8. The number of rotatable bonds is 8. The molecule has 0 amide bonds. The number of aromatic nitrogens is 1. The van der Waals surface area contributed by atoms with Crippen LogP contribution in [0, 0.1) is 0 Å². The summed E-state index contributed by atoms with van der Waals surface area (Å²) in [6, 6.07) is 87.1. The first kappa shape index (κ1) is 36.5. The molecular weight excluding hydrogens is 765 g/mol. The Bertz CT molecular complexity index is 3560. The van der Waals surface area contributed by atoms with Gasteiger partial charge in [0.25, 0.3) is 0 Å². The third-order valence-electron chi connectivity index (χ3n) is 12.4. The van der Waals surface area contributed by atoms with Crippen LogP contribution in [0.25, 0.3) is 93.9 Å². The molecule has 2 heterocycles. The number of hydrogen-bond acceptors (Lipinski definition) is 2. The Morgan fingerprint density at radius 2 is 0.762 bits per heavy atom. The second-order valence-corrected chi connectivity index (χ2v) is 16.1. The summed E-state index contributed by atoms with van der Waals surface area (Å²) in [7, 11) is 0. The van der Waals surface area contributed by atoms with Crippen molar-refractivity contribution in [1.29, 1.82) is 0 Å². The maximum Gasteiger partial charge on any atom is 0.136 e. The molecule has 63 heavy (non-hydrogen) atoms. The van der Waals surface area contributed by atoms with E-state index in [1.54, 1.807) is 0 Å². The van der Waals surface area contributed by atoms with Crippen molar-refractivity contribution in [2.45, 2.75) is 0 Å². The highest BCUT2D eigenvalue weighted by atomic mass is 16.3. The topological polar surface area (TPSA) is 21.3 Å². The number of para-hydroxylation sites is 4. The van der Waals surface area contributed by atoms with Gasteiger partial charge in [0.15, 0.2) is 0 Å². The van der Waals surface area contributed by atoms with E-state index in [1.807, 2.05) is 12.1 Å². The maximum atomic E-state index is 6.33. The molecule has 2 aromatic heterocycles. The second kappa shape index (κ2) is 15.3. The van der Waals surface area contributed by atoms with Gasteiger partial charge in [-0.3, -0.25) is 0 Å². The molecule has 12 rings (SSSR count). The number of fused-ring (bicyclic) bond motifs is 6. The minimum Gasteiger partial charge on any atom is -0.456 e. The number of nitrogens with zero attached hydrogens (tertiary/aromatic N) is 2. The molecular formula is C60H40N2O. The molecule has 3 nitrogen and oxygen atoms in total. The Kier molecular flexibility index (Phi) is 8.83. The van der Waals surface area contributed by atoms with Crippen molar-refractivity contribution in [3.05, 3.63) is 243 Å². The molecule has 0 aliphatic carbocycles. The molecule has 0 aliphatic heterocycles. The lowest BCUT2D eigenvalue weighted by Gasteiger charge is -2.27. The smallest absolute Gasteiger partial charge is 0.136 e. The molecule has 0 fully saturated rings. The standard InChI is InChI=1S/C60H40N2O/c1-2-14-41(15-3-1)42-28-30-43(31-29-42)45-16-12-18-49(38-45)61(50-19-13-17-46(39-50)47-34-37-55-54-23-7-11-27-59(54)63-60(55)40-47)48-35-32-44(33-36-48)51-20-4-8-24-56(51)62-57-25-9-5-21-52(57)53-22-6-10-26-58(53)62/h1-40H. The van der Waals surface area contributed by atoms with Crippen molar-refractivity contribution in [2.24, 2.45) is 0 Å². The van der Waals surface area contributed by atoms with Crippen molar-refractivity contribution < 1.29 is 4.42 Å². The van der Waals surface area contributed by atoms with Gasteiger partial charge in [0.1, 0.15) is 11.2 Å². The number of benzene rings is 10. The van der Waals surface area contributed by atoms with Crippen LogP contribution in [0.4, 0.5) is 17.1 Å². The van der Waals surface area contributed by atoms with Crippen molar-refractivity contribution in [3.8, 4) is 50.2 Å². The van der Waals surface area contributed by atoms with Gasteiger partial charge in [-0.2, -0.15) is 0 Å². The summed E-state index contributed by atoms with van der Waals surface area (Å²) in [5.74, 6) is 0. The van der Waals surface area contributed by atoms with Crippen LogP contribution < -0.4 is 4.90 Å². The summed E-state index contributed by atoms with van der Waals surface area (Å²) in [6.45, 7) is 0. The first-order valence-corrected chi connectivity index (χ1v) is 21.5. The molecule has 0 bridgehead atoms. The van der Waals surface area contributed by atoms with Crippen LogP contribution in [0.1, 0.15) is 0 Å². The van der Waals surface area contributed by atoms with Gasteiger partial charge in [0.05, 0.1) is 16.7 Å². The summed E-state index contributed by atoms with van der Waals surface area (Å²) in [5, 5.41) is 4.77. The largest absolute Gasteiger partial charge is 0.456 e. The highest BCUT2D eigenvalue weighted by Crippen LogP contribution is 2.42. The van der Waals surface area contributed by atoms with E-state index in [0.29, 0.717) is 0 Å². The number of anilines is 3. The lowest BCUT2D eigenvalue weighted by molar-refractivity contribution is 0.669. The minimum atomic E-state index is 0.888. The zero-order chi connectivity index (χ0) is 41.7. The summed E-state index contributed by atoms with van der Waals surface area (Å²) in [6.07, 6.45) is 0. The van der Waals surface area contributed by atoms with Crippen LogP contribution in [-0.4, -0.2) is 4.57 Å². The number of furan rings is 1. The van der Waals surface area contributed by atoms with Gasteiger partial charge in [-0.15, -0.1) is 0 Å². The molecule has 3 heteroatoms. The van der Waals surface area contributed by atoms with Crippen LogP contribution in [0.3, 0.4) is 0 Å². The van der Waals surface area contributed by atoms with Gasteiger partial charge < -0.3 is 13.9 Å². The van der Waals surface area contributed by atoms with E-state index in [9.17, 15) is 0 Å². The lowest BCUT2D eigenvalue weighted by Crippen LogP contribution is -2.10.